The molecule has 0 bridgehead atoms. The van der Waals surface area contributed by atoms with E-state index in [4.69, 9.17) is 9.72 Å². The Morgan fingerprint density at radius 3 is 2.78 bits per heavy atom. The first-order valence-corrected chi connectivity index (χ1v) is 9.41. The number of hydrogen-bond acceptors (Lipinski definition) is 5. The molecule has 0 aromatic carbocycles. The van der Waals surface area contributed by atoms with Crippen LogP contribution in [-0.2, 0) is 4.74 Å². The van der Waals surface area contributed by atoms with Crippen molar-refractivity contribution in [1.82, 2.24) is 10.3 Å². The summed E-state index contributed by atoms with van der Waals surface area (Å²) in [5.74, 6) is 1.84. The highest BCUT2D eigenvalue weighted by Crippen LogP contribution is 2.27. The van der Waals surface area contributed by atoms with Gasteiger partial charge in [-0.3, -0.25) is 4.79 Å². The molecule has 1 amide bonds. The van der Waals surface area contributed by atoms with Gasteiger partial charge in [0.25, 0.3) is 5.91 Å². The molecule has 5 nitrogen and oxygen atoms in total. The highest BCUT2D eigenvalue weighted by atomic mass is 32.2. The summed E-state index contributed by atoms with van der Waals surface area (Å²) >= 11 is 1.63. The molecule has 0 atom stereocenters. The van der Waals surface area contributed by atoms with Gasteiger partial charge in [-0.2, -0.15) is 0 Å². The van der Waals surface area contributed by atoms with Crippen LogP contribution < -0.4 is 10.2 Å². The van der Waals surface area contributed by atoms with E-state index in [1.807, 2.05) is 13.0 Å². The van der Waals surface area contributed by atoms with Gasteiger partial charge < -0.3 is 15.0 Å². The molecule has 0 spiro atoms. The van der Waals surface area contributed by atoms with Gasteiger partial charge in [-0.1, -0.05) is 20.3 Å². The number of rotatable bonds is 7. The number of anilines is 1. The largest absolute Gasteiger partial charge is 0.378 e. The Hall–Kier alpha value is -1.27. The molecule has 1 aliphatic rings. The number of pyridine rings is 1. The zero-order valence-electron chi connectivity index (χ0n) is 14.4. The van der Waals surface area contributed by atoms with E-state index in [1.54, 1.807) is 11.8 Å². The Morgan fingerprint density at radius 1 is 1.39 bits per heavy atom. The van der Waals surface area contributed by atoms with Gasteiger partial charge in [0.15, 0.2) is 0 Å². The Bertz CT molecular complexity index is 531. The Balaban J connectivity index is 2.24. The number of morpholine rings is 1. The van der Waals surface area contributed by atoms with Gasteiger partial charge in [0, 0.05) is 19.6 Å². The normalized spacial score (nSPS) is 14.8. The second kappa shape index (κ2) is 9.13. The fraction of sp³-hybridized carbons (Fsp3) is 0.647. The predicted molar refractivity (Wildman–Crippen MR) is 95.6 cm³/mol. The third kappa shape index (κ3) is 4.85. The Labute approximate surface area is 143 Å². The third-order valence-electron chi connectivity index (χ3n) is 3.83. The van der Waals surface area contributed by atoms with Crippen LogP contribution in [0.2, 0.25) is 0 Å². The average Bonchev–Trinajstić information content (AvgIpc) is 2.55. The number of carbonyl (C=O) groups is 1. The smallest absolute Gasteiger partial charge is 0.254 e. The molecule has 0 radical (unpaired) electrons. The zero-order valence-corrected chi connectivity index (χ0v) is 15.2. The molecule has 1 aliphatic heterocycles. The predicted octanol–water partition coefficient (Wildman–Crippen LogP) is 2.87. The lowest BCUT2D eigenvalue weighted by Crippen LogP contribution is -2.37. The fourth-order valence-electron chi connectivity index (χ4n) is 2.57. The van der Waals surface area contributed by atoms with E-state index in [0.717, 1.165) is 73.4 Å². The lowest BCUT2D eigenvalue weighted by Gasteiger charge is -2.28. The van der Waals surface area contributed by atoms with Gasteiger partial charge in [-0.05, 0) is 30.7 Å². The van der Waals surface area contributed by atoms with Gasteiger partial charge >= 0.3 is 0 Å². The molecular weight excluding hydrogens is 310 g/mol. The van der Waals surface area contributed by atoms with E-state index < -0.39 is 0 Å². The van der Waals surface area contributed by atoms with Crippen molar-refractivity contribution in [3.05, 3.63) is 17.2 Å². The van der Waals surface area contributed by atoms with Crippen LogP contribution in [0.3, 0.4) is 0 Å². The van der Waals surface area contributed by atoms with E-state index in [9.17, 15) is 4.79 Å². The van der Waals surface area contributed by atoms with E-state index in [0.29, 0.717) is 0 Å². The number of aryl methyl sites for hydroxylation is 1. The maximum absolute atomic E-state index is 12.5. The van der Waals surface area contributed by atoms with Crippen LogP contribution in [0, 0.1) is 6.92 Å². The summed E-state index contributed by atoms with van der Waals surface area (Å²) < 4.78 is 5.41. The molecule has 23 heavy (non-hydrogen) atoms. The number of hydrogen-bond donors (Lipinski definition) is 1. The van der Waals surface area contributed by atoms with Crippen molar-refractivity contribution < 1.29 is 9.53 Å². The summed E-state index contributed by atoms with van der Waals surface area (Å²) in [6, 6.07) is 2.03. The number of ether oxygens (including phenoxy) is 1. The maximum Gasteiger partial charge on any atom is 0.254 e. The third-order valence-corrected chi connectivity index (χ3v) is 4.69. The van der Waals surface area contributed by atoms with Gasteiger partial charge in [-0.15, -0.1) is 11.8 Å². The quantitative estimate of drug-likeness (QED) is 0.612. The van der Waals surface area contributed by atoms with E-state index in [2.05, 4.69) is 24.1 Å². The maximum atomic E-state index is 12.5. The fourth-order valence-corrected chi connectivity index (χ4v) is 3.40. The van der Waals surface area contributed by atoms with Crippen LogP contribution >= 0.6 is 11.8 Å². The molecule has 2 rings (SSSR count). The highest BCUT2D eigenvalue weighted by molar-refractivity contribution is 7.99. The number of unbranched alkanes of at least 4 members (excludes halogenated alkanes) is 1. The summed E-state index contributed by atoms with van der Waals surface area (Å²) in [5.41, 5.74) is 1.72. The lowest BCUT2D eigenvalue weighted by molar-refractivity contribution is 0.0948. The van der Waals surface area contributed by atoms with E-state index in [1.165, 1.54) is 0 Å². The molecule has 6 heteroatoms. The molecule has 1 fully saturated rings. The second-order valence-corrected chi connectivity index (χ2v) is 6.87. The van der Waals surface area contributed by atoms with Crippen LogP contribution in [-0.4, -0.2) is 49.5 Å². The highest BCUT2D eigenvalue weighted by Gasteiger charge is 2.20. The summed E-state index contributed by atoms with van der Waals surface area (Å²) in [6.07, 6.45) is 2.07. The summed E-state index contributed by atoms with van der Waals surface area (Å²) in [4.78, 5) is 19.5. The molecule has 1 aromatic rings. The lowest BCUT2D eigenvalue weighted by atomic mass is 10.1. The van der Waals surface area contributed by atoms with Gasteiger partial charge in [0.1, 0.15) is 10.8 Å². The molecule has 1 saturated heterocycles. The van der Waals surface area contributed by atoms with Crippen molar-refractivity contribution >= 4 is 23.5 Å². The van der Waals surface area contributed by atoms with Crippen LogP contribution in [0.4, 0.5) is 5.82 Å². The minimum atomic E-state index is -0.00655. The summed E-state index contributed by atoms with van der Waals surface area (Å²) in [6.45, 7) is 10.1. The Kier molecular flexibility index (Phi) is 7.17. The minimum Gasteiger partial charge on any atom is -0.378 e. The van der Waals surface area contributed by atoms with Crippen molar-refractivity contribution in [3.8, 4) is 0 Å². The van der Waals surface area contributed by atoms with Crippen LogP contribution in [0.25, 0.3) is 0 Å². The SMILES string of the molecule is CCCCNC(=O)c1c(C)cc(N2CCOCC2)nc1SCC. The monoisotopic (exact) mass is 337 g/mol. The van der Waals surface area contributed by atoms with Gasteiger partial charge in [0.2, 0.25) is 0 Å². The average molecular weight is 337 g/mol. The Morgan fingerprint density at radius 2 is 2.13 bits per heavy atom. The topological polar surface area (TPSA) is 54.5 Å². The standard InChI is InChI=1S/C17H27N3O2S/c1-4-6-7-18-16(21)15-13(3)12-14(19-17(15)23-5-2)20-8-10-22-11-9-20/h12H,4-11H2,1-3H3,(H,18,21). The number of nitrogens with zero attached hydrogens (tertiary/aromatic N) is 2. The molecular formula is C17H27N3O2S. The number of aromatic nitrogens is 1. The number of thioether (sulfide) groups is 1. The van der Waals surface area contributed by atoms with Crippen molar-refractivity contribution in [3.63, 3.8) is 0 Å². The van der Waals surface area contributed by atoms with E-state index >= 15 is 0 Å². The first-order chi connectivity index (χ1) is 11.2. The van der Waals surface area contributed by atoms with Crippen molar-refractivity contribution in [2.24, 2.45) is 0 Å². The van der Waals surface area contributed by atoms with Gasteiger partial charge in [-0.25, -0.2) is 4.98 Å². The van der Waals surface area contributed by atoms with Crippen molar-refractivity contribution in [2.45, 2.75) is 38.6 Å². The molecule has 0 saturated carbocycles. The van der Waals surface area contributed by atoms with Gasteiger partial charge in [0.05, 0.1) is 18.8 Å². The van der Waals surface area contributed by atoms with E-state index in [-0.39, 0.29) is 5.91 Å². The second-order valence-electron chi connectivity index (χ2n) is 5.62. The summed E-state index contributed by atoms with van der Waals surface area (Å²) in [5, 5.41) is 3.85. The molecule has 0 unspecified atom stereocenters. The molecule has 0 aliphatic carbocycles. The molecule has 128 valence electrons. The number of carbonyl (C=O) groups excluding carboxylic acids is 1. The van der Waals surface area contributed by atoms with Crippen molar-refractivity contribution in [1.29, 1.82) is 0 Å². The number of amides is 1. The minimum absolute atomic E-state index is 0.00655. The molecule has 1 N–H and O–H groups in total. The first-order valence-electron chi connectivity index (χ1n) is 8.42. The van der Waals surface area contributed by atoms with Crippen LogP contribution in [0.5, 0.6) is 0 Å². The van der Waals surface area contributed by atoms with Crippen LogP contribution in [0.15, 0.2) is 11.1 Å². The zero-order chi connectivity index (χ0) is 16.7. The van der Waals surface area contributed by atoms with Crippen LogP contribution in [0.1, 0.15) is 42.6 Å². The summed E-state index contributed by atoms with van der Waals surface area (Å²) in [7, 11) is 0. The molecule has 1 aromatic heterocycles. The molecule has 2 heterocycles. The number of nitrogens with one attached hydrogen (secondary N) is 1. The first kappa shape index (κ1) is 18.1. The van der Waals surface area contributed by atoms with Crippen molar-refractivity contribution in [2.75, 3.05) is 43.5 Å².